The lowest BCUT2D eigenvalue weighted by Gasteiger charge is -2.12. The molecule has 0 heterocycles. The van der Waals surface area contributed by atoms with Gasteiger partial charge in [-0.25, -0.2) is 8.42 Å². The monoisotopic (exact) mass is 300 g/mol. The van der Waals surface area contributed by atoms with Gasteiger partial charge in [-0.3, -0.25) is 4.79 Å². The number of benzene rings is 1. The summed E-state index contributed by atoms with van der Waals surface area (Å²) in [5.41, 5.74) is 5.48. The summed E-state index contributed by atoms with van der Waals surface area (Å²) >= 11 is 0. The zero-order chi connectivity index (χ0) is 15.0. The van der Waals surface area contributed by atoms with E-state index in [2.05, 4.69) is 5.32 Å². The van der Waals surface area contributed by atoms with Crippen molar-refractivity contribution in [2.75, 3.05) is 30.8 Å². The zero-order valence-electron chi connectivity index (χ0n) is 11.5. The number of sulfone groups is 1. The molecule has 20 heavy (non-hydrogen) atoms. The maximum absolute atomic E-state index is 12.1. The van der Waals surface area contributed by atoms with E-state index in [4.69, 9.17) is 10.5 Å². The number of anilines is 1. The third kappa shape index (κ3) is 5.18. The first-order valence-corrected chi connectivity index (χ1v) is 8.04. The van der Waals surface area contributed by atoms with Gasteiger partial charge >= 0.3 is 0 Å². The zero-order valence-corrected chi connectivity index (χ0v) is 12.3. The lowest BCUT2D eigenvalue weighted by atomic mass is 10.3. The number of carbonyl (C=O) groups is 1. The van der Waals surface area contributed by atoms with Crippen LogP contribution in [0.2, 0.25) is 0 Å². The molecule has 3 N–H and O–H groups in total. The van der Waals surface area contributed by atoms with Crippen molar-refractivity contribution in [1.82, 2.24) is 0 Å². The van der Waals surface area contributed by atoms with Crippen molar-refractivity contribution < 1.29 is 17.9 Å². The van der Waals surface area contributed by atoms with Gasteiger partial charge in [-0.1, -0.05) is 19.1 Å². The highest BCUT2D eigenvalue weighted by Gasteiger charge is 2.16. The van der Waals surface area contributed by atoms with Crippen molar-refractivity contribution in [2.24, 2.45) is 5.73 Å². The number of para-hydroxylation sites is 1. The largest absolute Gasteiger partial charge is 0.382 e. The Bertz CT molecular complexity index is 543. The number of nitrogens with two attached hydrogens (primary N) is 1. The van der Waals surface area contributed by atoms with E-state index in [9.17, 15) is 13.2 Å². The first-order chi connectivity index (χ1) is 9.47. The Labute approximate surface area is 119 Å². The summed E-state index contributed by atoms with van der Waals surface area (Å²) in [6.45, 7) is 2.35. The highest BCUT2D eigenvalue weighted by atomic mass is 32.2. The summed E-state index contributed by atoms with van der Waals surface area (Å²) < 4.78 is 29.2. The summed E-state index contributed by atoms with van der Waals surface area (Å²) in [7, 11) is -3.27. The second kappa shape index (κ2) is 7.86. The topological polar surface area (TPSA) is 98.5 Å². The van der Waals surface area contributed by atoms with Gasteiger partial charge in [-0.15, -0.1) is 0 Å². The predicted octanol–water partition coefficient (Wildman–Crippen LogP) is 0.784. The minimum atomic E-state index is -3.27. The molecule has 1 aromatic carbocycles. The summed E-state index contributed by atoms with van der Waals surface area (Å²) in [4.78, 5) is 10.8. The Morgan fingerprint density at radius 3 is 2.70 bits per heavy atom. The Hall–Kier alpha value is -1.60. The number of nitrogens with one attached hydrogen (secondary N) is 1. The van der Waals surface area contributed by atoms with Gasteiger partial charge in [0.2, 0.25) is 5.91 Å². The van der Waals surface area contributed by atoms with Gasteiger partial charge in [0, 0.05) is 6.54 Å². The second-order valence-corrected chi connectivity index (χ2v) is 6.34. The van der Waals surface area contributed by atoms with Gasteiger partial charge in [0.15, 0.2) is 9.84 Å². The highest BCUT2D eigenvalue weighted by Crippen LogP contribution is 2.22. The van der Waals surface area contributed by atoms with Crippen molar-refractivity contribution in [3.8, 4) is 0 Å². The lowest BCUT2D eigenvalue weighted by Crippen LogP contribution is -2.21. The Morgan fingerprint density at radius 1 is 1.35 bits per heavy atom. The molecule has 112 valence electrons. The maximum Gasteiger partial charge on any atom is 0.243 e. The quantitative estimate of drug-likeness (QED) is 0.657. The van der Waals surface area contributed by atoms with Crippen molar-refractivity contribution in [3.05, 3.63) is 24.3 Å². The SMILES string of the molecule is CCCS(=O)(=O)c1ccccc1NCCOCC(N)=O. The van der Waals surface area contributed by atoms with E-state index in [1.165, 1.54) is 0 Å². The van der Waals surface area contributed by atoms with Crippen LogP contribution in [0.5, 0.6) is 0 Å². The molecule has 0 saturated carbocycles. The van der Waals surface area contributed by atoms with E-state index >= 15 is 0 Å². The van der Waals surface area contributed by atoms with Gasteiger partial charge in [0.05, 0.1) is 22.9 Å². The van der Waals surface area contributed by atoms with E-state index in [0.29, 0.717) is 18.7 Å². The van der Waals surface area contributed by atoms with E-state index in [0.717, 1.165) is 0 Å². The van der Waals surface area contributed by atoms with E-state index < -0.39 is 15.7 Å². The molecule has 0 atom stereocenters. The lowest BCUT2D eigenvalue weighted by molar-refractivity contribution is -0.122. The van der Waals surface area contributed by atoms with Gasteiger partial charge < -0.3 is 15.8 Å². The van der Waals surface area contributed by atoms with E-state index in [1.54, 1.807) is 24.3 Å². The number of carbonyl (C=O) groups excluding carboxylic acids is 1. The van der Waals surface area contributed by atoms with Crippen LogP contribution >= 0.6 is 0 Å². The second-order valence-electron chi connectivity index (χ2n) is 4.26. The minimum absolute atomic E-state index is 0.115. The van der Waals surface area contributed by atoms with Gasteiger partial charge in [-0.05, 0) is 18.6 Å². The van der Waals surface area contributed by atoms with Crippen LogP contribution in [0.1, 0.15) is 13.3 Å². The Balaban J connectivity index is 2.65. The number of rotatable bonds is 9. The number of hydrogen-bond acceptors (Lipinski definition) is 5. The smallest absolute Gasteiger partial charge is 0.243 e. The normalized spacial score (nSPS) is 11.2. The molecule has 0 aliphatic heterocycles. The van der Waals surface area contributed by atoms with Gasteiger partial charge in [-0.2, -0.15) is 0 Å². The number of primary amides is 1. The van der Waals surface area contributed by atoms with Crippen molar-refractivity contribution in [2.45, 2.75) is 18.2 Å². The van der Waals surface area contributed by atoms with Crippen LogP contribution in [-0.4, -0.2) is 39.8 Å². The minimum Gasteiger partial charge on any atom is -0.382 e. The molecule has 0 saturated heterocycles. The molecule has 0 spiro atoms. The fraction of sp³-hybridized carbons (Fsp3) is 0.462. The molecular weight excluding hydrogens is 280 g/mol. The first kappa shape index (κ1) is 16.5. The number of ether oxygens (including phenoxy) is 1. The predicted molar refractivity (Wildman–Crippen MR) is 77.3 cm³/mol. The molecule has 0 aromatic heterocycles. The van der Waals surface area contributed by atoms with Crippen LogP contribution < -0.4 is 11.1 Å². The maximum atomic E-state index is 12.1. The summed E-state index contributed by atoms with van der Waals surface area (Å²) in [6.07, 6.45) is 0.568. The summed E-state index contributed by atoms with van der Waals surface area (Å²) in [5.74, 6) is -0.417. The van der Waals surface area contributed by atoms with Gasteiger partial charge in [0.1, 0.15) is 6.61 Å². The van der Waals surface area contributed by atoms with Crippen LogP contribution in [0.25, 0.3) is 0 Å². The molecule has 0 unspecified atom stereocenters. The molecule has 0 fully saturated rings. The molecule has 0 radical (unpaired) electrons. The summed E-state index contributed by atoms with van der Waals surface area (Å²) in [6, 6.07) is 6.74. The third-order valence-electron chi connectivity index (χ3n) is 2.50. The number of hydrogen-bond donors (Lipinski definition) is 2. The fourth-order valence-corrected chi connectivity index (χ4v) is 3.21. The van der Waals surface area contributed by atoms with Gasteiger partial charge in [0.25, 0.3) is 0 Å². The average Bonchev–Trinajstić information content (AvgIpc) is 2.38. The van der Waals surface area contributed by atoms with Crippen LogP contribution in [0, 0.1) is 0 Å². The van der Waals surface area contributed by atoms with Crippen LogP contribution in [0.3, 0.4) is 0 Å². The van der Waals surface area contributed by atoms with E-state index in [1.807, 2.05) is 6.92 Å². The molecule has 0 aliphatic rings. The molecule has 7 heteroatoms. The van der Waals surface area contributed by atoms with Crippen LogP contribution in [0.4, 0.5) is 5.69 Å². The molecule has 0 aliphatic carbocycles. The third-order valence-corrected chi connectivity index (χ3v) is 4.47. The van der Waals surface area contributed by atoms with Crippen molar-refractivity contribution in [1.29, 1.82) is 0 Å². The number of amides is 1. The van der Waals surface area contributed by atoms with Crippen LogP contribution in [0.15, 0.2) is 29.2 Å². The molecule has 1 aromatic rings. The molecule has 1 amide bonds. The van der Waals surface area contributed by atoms with E-state index in [-0.39, 0.29) is 23.9 Å². The molecule has 0 bridgehead atoms. The van der Waals surface area contributed by atoms with Crippen LogP contribution in [-0.2, 0) is 19.4 Å². The average molecular weight is 300 g/mol. The Morgan fingerprint density at radius 2 is 2.05 bits per heavy atom. The highest BCUT2D eigenvalue weighted by molar-refractivity contribution is 7.91. The van der Waals surface area contributed by atoms with Crippen molar-refractivity contribution in [3.63, 3.8) is 0 Å². The Kier molecular flexibility index (Phi) is 6.47. The molecule has 6 nitrogen and oxygen atoms in total. The molecule has 1 rings (SSSR count). The fourth-order valence-electron chi connectivity index (χ4n) is 1.69. The standard InChI is InChI=1S/C13H20N2O4S/c1-2-9-20(17,18)12-6-4-3-5-11(12)15-7-8-19-10-13(14)16/h3-6,15H,2,7-10H2,1H3,(H2,14,16). The first-order valence-electron chi connectivity index (χ1n) is 6.39. The van der Waals surface area contributed by atoms with Crippen molar-refractivity contribution >= 4 is 21.4 Å². The molecular formula is C13H20N2O4S. The summed E-state index contributed by atoms with van der Waals surface area (Å²) in [5, 5.41) is 3.00.